The van der Waals surface area contributed by atoms with E-state index in [0.717, 1.165) is 31.5 Å². The summed E-state index contributed by atoms with van der Waals surface area (Å²) >= 11 is 6.05. The molecule has 2 aromatic rings. The first-order chi connectivity index (χ1) is 13.5. The van der Waals surface area contributed by atoms with Gasteiger partial charge in [-0.05, 0) is 37.8 Å². The normalized spacial score (nSPS) is 19.1. The zero-order valence-electron chi connectivity index (χ0n) is 16.0. The van der Waals surface area contributed by atoms with Crippen molar-refractivity contribution in [3.05, 3.63) is 52.6 Å². The fraction of sp³-hybridized carbons (Fsp3) is 0.429. The summed E-state index contributed by atoms with van der Waals surface area (Å²) in [5.41, 5.74) is 0.917. The first-order valence-electron chi connectivity index (χ1n) is 9.45. The van der Waals surface area contributed by atoms with E-state index in [4.69, 9.17) is 21.6 Å². The van der Waals surface area contributed by atoms with Crippen molar-refractivity contribution in [2.24, 2.45) is 0 Å². The van der Waals surface area contributed by atoms with E-state index in [1.165, 1.54) is 0 Å². The van der Waals surface area contributed by atoms with E-state index in [1.54, 1.807) is 30.6 Å². The standard InChI is InChI=1S/C21H23ClN4O2/c1-13(2)20-24-11-15(12-25-20)21(27)26-16-4-7-17(8-5-16)28-18-6-3-14(10-23)19(22)9-18/h3,6,9,11-13,16-17H,4-5,7-8H2,1-2H3,(H,26,27)/t16-,17-. The zero-order valence-corrected chi connectivity index (χ0v) is 16.7. The molecule has 146 valence electrons. The van der Waals surface area contributed by atoms with Gasteiger partial charge >= 0.3 is 0 Å². The smallest absolute Gasteiger partial charge is 0.254 e. The van der Waals surface area contributed by atoms with Crippen LogP contribution in [0.1, 0.15) is 67.2 Å². The van der Waals surface area contributed by atoms with Crippen LogP contribution >= 0.6 is 11.6 Å². The summed E-state index contributed by atoms with van der Waals surface area (Å²) in [6, 6.07) is 7.25. The molecular weight excluding hydrogens is 376 g/mol. The first-order valence-corrected chi connectivity index (χ1v) is 9.83. The number of carbonyl (C=O) groups excluding carboxylic acids is 1. The van der Waals surface area contributed by atoms with Crippen molar-refractivity contribution in [1.82, 2.24) is 15.3 Å². The van der Waals surface area contributed by atoms with Crippen molar-refractivity contribution in [2.75, 3.05) is 0 Å². The summed E-state index contributed by atoms with van der Waals surface area (Å²) in [7, 11) is 0. The molecule has 1 aliphatic rings. The lowest BCUT2D eigenvalue weighted by Gasteiger charge is -2.29. The number of carbonyl (C=O) groups is 1. The summed E-state index contributed by atoms with van der Waals surface area (Å²) in [6.45, 7) is 4.03. The van der Waals surface area contributed by atoms with E-state index in [1.807, 2.05) is 19.9 Å². The Labute approximate surface area is 169 Å². The molecule has 1 N–H and O–H groups in total. The van der Waals surface area contributed by atoms with E-state index in [2.05, 4.69) is 15.3 Å². The van der Waals surface area contributed by atoms with E-state index in [-0.39, 0.29) is 24.0 Å². The summed E-state index contributed by atoms with van der Waals surface area (Å²) in [6.07, 6.45) is 6.60. The summed E-state index contributed by atoms with van der Waals surface area (Å²) < 4.78 is 5.98. The van der Waals surface area contributed by atoms with Crippen LogP contribution in [0.25, 0.3) is 0 Å². The molecule has 7 heteroatoms. The van der Waals surface area contributed by atoms with Gasteiger partial charge in [-0.15, -0.1) is 0 Å². The second-order valence-electron chi connectivity index (χ2n) is 7.30. The van der Waals surface area contributed by atoms with Gasteiger partial charge in [-0.3, -0.25) is 4.79 Å². The number of rotatable bonds is 5. The van der Waals surface area contributed by atoms with Crippen LogP contribution in [-0.4, -0.2) is 28.0 Å². The van der Waals surface area contributed by atoms with E-state index >= 15 is 0 Å². The van der Waals surface area contributed by atoms with Crippen molar-refractivity contribution in [3.8, 4) is 11.8 Å². The lowest BCUT2D eigenvalue weighted by Crippen LogP contribution is -2.39. The lowest BCUT2D eigenvalue weighted by molar-refractivity contribution is 0.0893. The molecule has 3 rings (SSSR count). The summed E-state index contributed by atoms with van der Waals surface area (Å²) in [5.74, 6) is 1.49. The minimum absolute atomic E-state index is 0.0748. The van der Waals surface area contributed by atoms with Gasteiger partial charge < -0.3 is 10.1 Å². The fourth-order valence-electron chi connectivity index (χ4n) is 3.20. The number of hydrogen-bond donors (Lipinski definition) is 1. The largest absolute Gasteiger partial charge is 0.490 e. The highest BCUT2D eigenvalue weighted by molar-refractivity contribution is 6.31. The molecule has 0 spiro atoms. The third-order valence-electron chi connectivity index (χ3n) is 4.82. The van der Waals surface area contributed by atoms with Crippen molar-refractivity contribution in [2.45, 2.75) is 57.6 Å². The monoisotopic (exact) mass is 398 g/mol. The Morgan fingerprint density at radius 2 is 1.93 bits per heavy atom. The molecule has 0 saturated heterocycles. The second-order valence-corrected chi connectivity index (χ2v) is 7.71. The summed E-state index contributed by atoms with van der Waals surface area (Å²) in [5, 5.41) is 12.4. The van der Waals surface area contributed by atoms with Crippen LogP contribution in [0, 0.1) is 11.3 Å². The Morgan fingerprint density at radius 1 is 1.25 bits per heavy atom. The zero-order chi connectivity index (χ0) is 20.1. The Kier molecular flexibility index (Phi) is 6.48. The molecule has 28 heavy (non-hydrogen) atoms. The van der Waals surface area contributed by atoms with Crippen molar-refractivity contribution < 1.29 is 9.53 Å². The highest BCUT2D eigenvalue weighted by Crippen LogP contribution is 2.27. The molecule has 1 saturated carbocycles. The average molecular weight is 399 g/mol. The van der Waals surface area contributed by atoms with Gasteiger partial charge in [-0.2, -0.15) is 5.26 Å². The van der Waals surface area contributed by atoms with Crippen molar-refractivity contribution in [1.29, 1.82) is 5.26 Å². The number of nitrogens with zero attached hydrogens (tertiary/aromatic N) is 3. The molecule has 0 radical (unpaired) electrons. The Bertz CT molecular complexity index is 869. The number of halogens is 1. The molecule has 0 bridgehead atoms. The van der Waals surface area contributed by atoms with Crippen LogP contribution < -0.4 is 10.1 Å². The molecule has 1 fully saturated rings. The number of nitrogens with one attached hydrogen (secondary N) is 1. The first kappa shape index (κ1) is 20.1. The van der Waals surface area contributed by atoms with Gasteiger partial charge in [-0.25, -0.2) is 9.97 Å². The number of benzene rings is 1. The molecule has 1 aromatic heterocycles. The number of hydrogen-bond acceptors (Lipinski definition) is 5. The third-order valence-corrected chi connectivity index (χ3v) is 5.14. The fourth-order valence-corrected chi connectivity index (χ4v) is 3.41. The predicted molar refractivity (Wildman–Crippen MR) is 106 cm³/mol. The minimum atomic E-state index is -0.140. The van der Waals surface area contributed by atoms with Crippen LogP contribution in [0.5, 0.6) is 5.75 Å². The van der Waals surface area contributed by atoms with Gasteiger partial charge in [0.05, 0.1) is 22.3 Å². The minimum Gasteiger partial charge on any atom is -0.490 e. The van der Waals surface area contributed by atoms with Crippen LogP contribution in [0.3, 0.4) is 0 Å². The maximum absolute atomic E-state index is 12.4. The van der Waals surface area contributed by atoms with Crippen molar-refractivity contribution in [3.63, 3.8) is 0 Å². The van der Waals surface area contributed by atoms with Crippen LogP contribution in [0.15, 0.2) is 30.6 Å². The van der Waals surface area contributed by atoms with Crippen molar-refractivity contribution >= 4 is 17.5 Å². The third kappa shape index (κ3) is 4.99. The molecule has 1 heterocycles. The van der Waals surface area contributed by atoms with Crippen LogP contribution in [0.4, 0.5) is 0 Å². The number of ether oxygens (including phenoxy) is 1. The topological polar surface area (TPSA) is 87.9 Å². The number of aromatic nitrogens is 2. The van der Waals surface area contributed by atoms with E-state index in [9.17, 15) is 4.79 Å². The highest BCUT2D eigenvalue weighted by atomic mass is 35.5. The predicted octanol–water partition coefficient (Wildman–Crippen LogP) is 4.25. The maximum atomic E-state index is 12.4. The van der Waals surface area contributed by atoms with Gasteiger partial charge in [0.25, 0.3) is 5.91 Å². The number of amides is 1. The molecule has 0 aliphatic heterocycles. The molecular formula is C21H23ClN4O2. The molecule has 6 nitrogen and oxygen atoms in total. The molecule has 1 aliphatic carbocycles. The van der Waals surface area contributed by atoms with E-state index in [0.29, 0.717) is 21.9 Å². The van der Waals surface area contributed by atoms with Gasteiger partial charge in [0.2, 0.25) is 0 Å². The molecule has 0 atom stereocenters. The second kappa shape index (κ2) is 9.03. The quantitative estimate of drug-likeness (QED) is 0.813. The molecule has 0 unspecified atom stereocenters. The lowest BCUT2D eigenvalue weighted by atomic mass is 9.92. The Hall–Kier alpha value is -2.65. The average Bonchev–Trinajstić information content (AvgIpc) is 2.69. The molecule has 1 aromatic carbocycles. The number of nitriles is 1. The van der Waals surface area contributed by atoms with E-state index < -0.39 is 0 Å². The highest BCUT2D eigenvalue weighted by Gasteiger charge is 2.24. The van der Waals surface area contributed by atoms with Crippen LogP contribution in [-0.2, 0) is 0 Å². The Balaban J connectivity index is 1.49. The SMILES string of the molecule is CC(C)c1ncc(C(=O)N[C@H]2CC[C@H](Oc3ccc(C#N)c(Cl)c3)CC2)cn1. The summed E-state index contributed by atoms with van der Waals surface area (Å²) in [4.78, 5) is 20.9. The Morgan fingerprint density at radius 3 is 2.50 bits per heavy atom. The van der Waals surface area contributed by atoms with Crippen LogP contribution in [0.2, 0.25) is 5.02 Å². The van der Waals surface area contributed by atoms with Gasteiger partial charge in [0.15, 0.2) is 0 Å². The van der Waals surface area contributed by atoms with Gasteiger partial charge in [-0.1, -0.05) is 25.4 Å². The maximum Gasteiger partial charge on any atom is 0.254 e. The van der Waals surface area contributed by atoms with Gasteiger partial charge in [0.1, 0.15) is 17.6 Å². The molecule has 1 amide bonds. The van der Waals surface area contributed by atoms with Gasteiger partial charge in [0, 0.05) is 30.4 Å².